The second kappa shape index (κ2) is 4.42. The van der Waals surface area contributed by atoms with Crippen LogP contribution < -0.4 is 4.90 Å². The number of rotatable bonds is 3. The van der Waals surface area contributed by atoms with Crippen LogP contribution in [0.25, 0.3) is 0 Å². The topological polar surface area (TPSA) is 29.0 Å². The minimum absolute atomic E-state index is 0.299. The lowest BCUT2D eigenvalue weighted by Gasteiger charge is -2.19. The molecule has 0 aliphatic carbocycles. The van der Waals surface area contributed by atoms with Gasteiger partial charge in [-0.3, -0.25) is 0 Å². The monoisotopic (exact) mass is 199 g/mol. The molecule has 3 nitrogen and oxygen atoms in total. The highest BCUT2D eigenvalue weighted by Crippen LogP contribution is 2.11. The van der Waals surface area contributed by atoms with Gasteiger partial charge in [0.2, 0.25) is 5.28 Å². The molecular weight excluding hydrogens is 186 g/mol. The smallest absolute Gasteiger partial charge is 0.224 e. The molecule has 0 N–H and O–H groups in total. The first-order chi connectivity index (χ1) is 6.09. The molecule has 1 aromatic heterocycles. The van der Waals surface area contributed by atoms with Crippen LogP contribution in [0, 0.1) is 5.92 Å². The van der Waals surface area contributed by atoms with E-state index < -0.39 is 0 Å². The molecule has 13 heavy (non-hydrogen) atoms. The number of aromatic nitrogens is 2. The largest absolute Gasteiger partial charge is 0.359 e. The average Bonchev–Trinajstić information content (AvgIpc) is 2.03. The normalized spacial score (nSPS) is 10.5. The van der Waals surface area contributed by atoms with Crippen LogP contribution in [0.4, 0.5) is 5.82 Å². The quantitative estimate of drug-likeness (QED) is 0.700. The average molecular weight is 200 g/mol. The van der Waals surface area contributed by atoms with Gasteiger partial charge in [-0.15, -0.1) is 0 Å². The van der Waals surface area contributed by atoms with Crippen molar-refractivity contribution in [2.45, 2.75) is 13.8 Å². The third-order valence-electron chi connectivity index (χ3n) is 1.64. The molecule has 0 aliphatic rings. The van der Waals surface area contributed by atoms with Crippen molar-refractivity contribution in [1.82, 2.24) is 9.97 Å². The summed E-state index contributed by atoms with van der Waals surface area (Å²) in [6.07, 6.45) is 1.67. The molecule has 1 heterocycles. The summed E-state index contributed by atoms with van der Waals surface area (Å²) >= 11 is 5.68. The first kappa shape index (κ1) is 10.3. The lowest BCUT2D eigenvalue weighted by atomic mass is 10.2. The summed E-state index contributed by atoms with van der Waals surface area (Å²) in [5.74, 6) is 1.48. The van der Waals surface area contributed by atoms with Gasteiger partial charge in [-0.25, -0.2) is 9.97 Å². The van der Waals surface area contributed by atoms with Gasteiger partial charge in [0.1, 0.15) is 5.82 Å². The van der Waals surface area contributed by atoms with Crippen molar-refractivity contribution in [3.63, 3.8) is 0 Å². The molecule has 0 radical (unpaired) electrons. The number of hydrogen-bond donors (Lipinski definition) is 0. The molecule has 0 unspecified atom stereocenters. The van der Waals surface area contributed by atoms with Gasteiger partial charge >= 0.3 is 0 Å². The number of halogens is 1. The van der Waals surface area contributed by atoms with Crippen LogP contribution in [0.15, 0.2) is 12.3 Å². The fourth-order valence-corrected chi connectivity index (χ4v) is 1.32. The van der Waals surface area contributed by atoms with Crippen molar-refractivity contribution in [2.24, 2.45) is 5.92 Å². The molecule has 0 aliphatic heterocycles. The fourth-order valence-electron chi connectivity index (χ4n) is 1.18. The van der Waals surface area contributed by atoms with Crippen LogP contribution in [0.2, 0.25) is 5.28 Å². The Hall–Kier alpha value is -0.830. The fraction of sp³-hybridized carbons (Fsp3) is 0.556. The van der Waals surface area contributed by atoms with Crippen molar-refractivity contribution < 1.29 is 0 Å². The van der Waals surface area contributed by atoms with Crippen molar-refractivity contribution in [2.75, 3.05) is 18.5 Å². The van der Waals surface area contributed by atoms with Crippen LogP contribution in [0.1, 0.15) is 13.8 Å². The van der Waals surface area contributed by atoms with Crippen LogP contribution >= 0.6 is 11.6 Å². The van der Waals surface area contributed by atoms with Gasteiger partial charge < -0.3 is 4.90 Å². The van der Waals surface area contributed by atoms with E-state index in [1.54, 1.807) is 6.20 Å². The zero-order valence-electron chi connectivity index (χ0n) is 8.16. The molecule has 0 bridgehead atoms. The Morgan fingerprint density at radius 2 is 2.23 bits per heavy atom. The van der Waals surface area contributed by atoms with Gasteiger partial charge in [0.15, 0.2) is 0 Å². The summed E-state index contributed by atoms with van der Waals surface area (Å²) in [6, 6.07) is 1.86. The SMILES string of the molecule is CC(C)CN(C)c1ccnc(Cl)n1. The van der Waals surface area contributed by atoms with E-state index >= 15 is 0 Å². The van der Waals surface area contributed by atoms with E-state index in [4.69, 9.17) is 11.6 Å². The Labute approximate surface area is 83.8 Å². The van der Waals surface area contributed by atoms with Crippen molar-refractivity contribution in [3.8, 4) is 0 Å². The predicted molar refractivity (Wildman–Crippen MR) is 55.2 cm³/mol. The third kappa shape index (κ3) is 3.19. The molecule has 0 aromatic carbocycles. The Morgan fingerprint density at radius 3 is 2.77 bits per heavy atom. The highest BCUT2D eigenvalue weighted by atomic mass is 35.5. The maximum Gasteiger partial charge on any atom is 0.224 e. The van der Waals surface area contributed by atoms with E-state index in [0.717, 1.165) is 12.4 Å². The van der Waals surface area contributed by atoms with E-state index in [-0.39, 0.29) is 0 Å². The first-order valence-corrected chi connectivity index (χ1v) is 4.67. The standard InChI is InChI=1S/C9H14ClN3/c1-7(2)6-13(3)8-4-5-11-9(10)12-8/h4-5,7H,6H2,1-3H3. The van der Waals surface area contributed by atoms with Crippen LogP contribution in [0.3, 0.4) is 0 Å². The molecule has 0 spiro atoms. The summed E-state index contributed by atoms with van der Waals surface area (Å²) in [5, 5.41) is 0.299. The van der Waals surface area contributed by atoms with E-state index in [0.29, 0.717) is 11.2 Å². The van der Waals surface area contributed by atoms with Crippen molar-refractivity contribution >= 4 is 17.4 Å². The van der Waals surface area contributed by atoms with E-state index in [2.05, 4.69) is 28.7 Å². The zero-order chi connectivity index (χ0) is 9.84. The molecule has 72 valence electrons. The van der Waals surface area contributed by atoms with Crippen molar-refractivity contribution in [1.29, 1.82) is 0 Å². The lowest BCUT2D eigenvalue weighted by Crippen LogP contribution is -2.23. The highest BCUT2D eigenvalue weighted by Gasteiger charge is 2.04. The van der Waals surface area contributed by atoms with Gasteiger partial charge in [-0.2, -0.15) is 0 Å². The second-order valence-corrected chi connectivity index (χ2v) is 3.80. The molecule has 1 aromatic rings. The Balaban J connectivity index is 2.71. The molecule has 0 amide bonds. The van der Waals surface area contributed by atoms with E-state index in [1.165, 1.54) is 0 Å². The summed E-state index contributed by atoms with van der Waals surface area (Å²) in [7, 11) is 2.00. The molecule has 0 saturated heterocycles. The molecular formula is C9H14ClN3. The predicted octanol–water partition coefficient (Wildman–Crippen LogP) is 2.22. The molecule has 4 heteroatoms. The Bertz CT molecular complexity index is 275. The molecule has 0 atom stereocenters. The van der Waals surface area contributed by atoms with Gasteiger partial charge in [-0.1, -0.05) is 13.8 Å². The van der Waals surface area contributed by atoms with Crippen LogP contribution in [-0.4, -0.2) is 23.6 Å². The summed E-state index contributed by atoms with van der Waals surface area (Å²) in [6.45, 7) is 5.30. The maximum absolute atomic E-state index is 5.68. The zero-order valence-corrected chi connectivity index (χ0v) is 8.91. The van der Waals surface area contributed by atoms with Crippen LogP contribution in [0.5, 0.6) is 0 Å². The first-order valence-electron chi connectivity index (χ1n) is 4.29. The van der Waals surface area contributed by atoms with Gasteiger partial charge in [-0.05, 0) is 23.6 Å². The number of anilines is 1. The van der Waals surface area contributed by atoms with Gasteiger partial charge in [0.05, 0.1) is 0 Å². The minimum atomic E-state index is 0.299. The minimum Gasteiger partial charge on any atom is -0.359 e. The number of hydrogen-bond acceptors (Lipinski definition) is 3. The molecule has 0 fully saturated rings. The van der Waals surface area contributed by atoms with Crippen LogP contribution in [-0.2, 0) is 0 Å². The van der Waals surface area contributed by atoms with Gasteiger partial charge in [0.25, 0.3) is 0 Å². The number of nitrogens with zero attached hydrogens (tertiary/aromatic N) is 3. The third-order valence-corrected chi connectivity index (χ3v) is 1.82. The van der Waals surface area contributed by atoms with Gasteiger partial charge in [0, 0.05) is 19.8 Å². The highest BCUT2D eigenvalue weighted by molar-refractivity contribution is 6.28. The maximum atomic E-state index is 5.68. The molecule has 1 rings (SSSR count). The Kier molecular flexibility index (Phi) is 3.48. The van der Waals surface area contributed by atoms with E-state index in [9.17, 15) is 0 Å². The van der Waals surface area contributed by atoms with Crippen molar-refractivity contribution in [3.05, 3.63) is 17.5 Å². The van der Waals surface area contributed by atoms with E-state index in [1.807, 2.05) is 13.1 Å². The summed E-state index contributed by atoms with van der Waals surface area (Å²) in [5.41, 5.74) is 0. The Morgan fingerprint density at radius 1 is 1.54 bits per heavy atom. The lowest BCUT2D eigenvalue weighted by molar-refractivity contribution is 0.634. The summed E-state index contributed by atoms with van der Waals surface area (Å²) < 4.78 is 0. The molecule has 0 saturated carbocycles. The second-order valence-electron chi connectivity index (χ2n) is 3.46. The summed E-state index contributed by atoms with van der Waals surface area (Å²) in [4.78, 5) is 10.0.